The molecule has 0 N–H and O–H groups in total. The molecule has 0 bridgehead atoms. The van der Waals surface area contributed by atoms with E-state index in [0.29, 0.717) is 0 Å². The first-order valence-electron chi connectivity index (χ1n) is 16.3. The molecule has 0 fully saturated rings. The van der Waals surface area contributed by atoms with Gasteiger partial charge in [0.2, 0.25) is 0 Å². The maximum atomic E-state index is 6.66. The molecule has 0 spiro atoms. The Balaban J connectivity index is 1.27. The topological polar surface area (TPSA) is 16.4 Å². The van der Waals surface area contributed by atoms with E-state index in [9.17, 15) is 0 Å². The highest BCUT2D eigenvalue weighted by Crippen LogP contribution is 2.51. The predicted molar refractivity (Wildman–Crippen MR) is 197 cm³/mol. The molecule has 2 heteroatoms. The summed E-state index contributed by atoms with van der Waals surface area (Å²) < 4.78 is 6.66. The third-order valence-electron chi connectivity index (χ3n) is 9.88. The second kappa shape index (κ2) is 10.6. The van der Waals surface area contributed by atoms with Crippen LogP contribution < -0.4 is 4.90 Å². The number of benzene rings is 7. The Labute approximate surface area is 275 Å². The molecule has 9 rings (SSSR count). The van der Waals surface area contributed by atoms with E-state index in [1.54, 1.807) is 0 Å². The van der Waals surface area contributed by atoms with Crippen LogP contribution in [-0.4, -0.2) is 0 Å². The first-order valence-corrected chi connectivity index (χ1v) is 16.3. The maximum absolute atomic E-state index is 6.66. The summed E-state index contributed by atoms with van der Waals surface area (Å²) in [4.78, 5) is 2.41. The SMILES string of the molecule is CC1(C)c2ccccc2-c2ccc(N(c3ccccc3)c3ccccc3-c3cccc4oc5c(-c6ccccc6)cccc5c34)cc21. The molecule has 224 valence electrons. The normalized spacial score (nSPS) is 13.1. The maximum Gasteiger partial charge on any atom is 0.143 e. The molecule has 1 aromatic heterocycles. The lowest BCUT2D eigenvalue weighted by Gasteiger charge is -2.30. The fraction of sp³-hybridized carbons (Fsp3) is 0.0667. The van der Waals surface area contributed by atoms with Gasteiger partial charge in [0.15, 0.2) is 0 Å². The minimum atomic E-state index is -0.0957. The van der Waals surface area contributed by atoms with Crippen LogP contribution in [0.15, 0.2) is 168 Å². The highest BCUT2D eigenvalue weighted by molar-refractivity contribution is 6.16. The zero-order chi connectivity index (χ0) is 31.5. The van der Waals surface area contributed by atoms with Gasteiger partial charge in [-0.25, -0.2) is 0 Å². The minimum absolute atomic E-state index is 0.0957. The van der Waals surface area contributed by atoms with Crippen molar-refractivity contribution < 1.29 is 4.42 Å². The van der Waals surface area contributed by atoms with Crippen LogP contribution in [0.3, 0.4) is 0 Å². The molecule has 0 aliphatic heterocycles. The summed E-state index contributed by atoms with van der Waals surface area (Å²) in [5.41, 5.74) is 15.0. The molecule has 47 heavy (non-hydrogen) atoms. The van der Waals surface area contributed by atoms with Crippen molar-refractivity contribution in [3.05, 3.63) is 175 Å². The molecule has 1 aliphatic carbocycles. The van der Waals surface area contributed by atoms with Crippen molar-refractivity contribution in [2.75, 3.05) is 4.90 Å². The Morgan fingerprint density at radius 1 is 0.468 bits per heavy atom. The smallest absolute Gasteiger partial charge is 0.143 e. The second-order valence-electron chi connectivity index (χ2n) is 12.9. The van der Waals surface area contributed by atoms with Gasteiger partial charge in [0.25, 0.3) is 0 Å². The average Bonchev–Trinajstić information content (AvgIpc) is 3.62. The summed E-state index contributed by atoms with van der Waals surface area (Å²) in [5.74, 6) is 0. The van der Waals surface area contributed by atoms with Crippen molar-refractivity contribution in [2.45, 2.75) is 19.3 Å². The van der Waals surface area contributed by atoms with E-state index < -0.39 is 0 Å². The quantitative estimate of drug-likeness (QED) is 0.195. The number of nitrogens with zero attached hydrogens (tertiary/aromatic N) is 1. The molecule has 1 aliphatic rings. The fourth-order valence-electron chi connectivity index (χ4n) is 7.65. The first-order chi connectivity index (χ1) is 23.1. The zero-order valence-electron chi connectivity index (χ0n) is 26.4. The Morgan fingerprint density at radius 3 is 1.94 bits per heavy atom. The Hall–Kier alpha value is -5.86. The molecule has 1 heterocycles. The van der Waals surface area contributed by atoms with Crippen LogP contribution in [0.25, 0.3) is 55.3 Å². The summed E-state index contributed by atoms with van der Waals surface area (Å²) in [6.45, 7) is 4.69. The van der Waals surface area contributed by atoms with Gasteiger partial charge in [0.05, 0.1) is 5.69 Å². The zero-order valence-corrected chi connectivity index (χ0v) is 26.4. The van der Waals surface area contributed by atoms with E-state index in [1.165, 1.54) is 22.3 Å². The van der Waals surface area contributed by atoms with E-state index in [4.69, 9.17) is 4.42 Å². The average molecular weight is 604 g/mol. The number of anilines is 3. The van der Waals surface area contributed by atoms with Gasteiger partial charge in [-0.05, 0) is 69.8 Å². The van der Waals surface area contributed by atoms with Crippen LogP contribution in [0.1, 0.15) is 25.0 Å². The highest BCUT2D eigenvalue weighted by atomic mass is 16.3. The molecule has 0 saturated heterocycles. The molecule has 2 nitrogen and oxygen atoms in total. The molecule has 0 saturated carbocycles. The monoisotopic (exact) mass is 603 g/mol. The molecule has 8 aromatic rings. The number of hydrogen-bond acceptors (Lipinski definition) is 2. The van der Waals surface area contributed by atoms with E-state index in [-0.39, 0.29) is 5.41 Å². The van der Waals surface area contributed by atoms with Gasteiger partial charge in [-0.1, -0.05) is 141 Å². The lowest BCUT2D eigenvalue weighted by molar-refractivity contribution is 0.660. The van der Waals surface area contributed by atoms with Crippen LogP contribution in [0, 0.1) is 0 Å². The van der Waals surface area contributed by atoms with Gasteiger partial charge in [-0.15, -0.1) is 0 Å². The highest BCUT2D eigenvalue weighted by Gasteiger charge is 2.36. The largest absolute Gasteiger partial charge is 0.455 e. The summed E-state index contributed by atoms with van der Waals surface area (Å²) in [5, 5.41) is 2.25. The predicted octanol–water partition coefficient (Wildman–Crippen LogP) is 12.7. The molecule has 0 atom stereocenters. The van der Waals surface area contributed by atoms with Crippen LogP contribution >= 0.6 is 0 Å². The first kappa shape index (κ1) is 27.5. The van der Waals surface area contributed by atoms with E-state index in [1.807, 2.05) is 0 Å². The van der Waals surface area contributed by atoms with Crippen molar-refractivity contribution in [3.8, 4) is 33.4 Å². The molecular formula is C45H33NO. The number of furan rings is 1. The van der Waals surface area contributed by atoms with Crippen molar-refractivity contribution in [3.63, 3.8) is 0 Å². The molecule has 7 aromatic carbocycles. The molecule has 0 amide bonds. The van der Waals surface area contributed by atoms with Crippen LogP contribution in [-0.2, 0) is 5.41 Å². The number of hydrogen-bond donors (Lipinski definition) is 0. The Kier molecular flexibility index (Phi) is 6.20. The van der Waals surface area contributed by atoms with Gasteiger partial charge in [-0.2, -0.15) is 0 Å². The second-order valence-corrected chi connectivity index (χ2v) is 12.9. The minimum Gasteiger partial charge on any atom is -0.455 e. The summed E-state index contributed by atoms with van der Waals surface area (Å²) in [6, 6.07) is 58.7. The van der Waals surface area contributed by atoms with Gasteiger partial charge in [0.1, 0.15) is 11.2 Å². The lowest BCUT2D eigenvalue weighted by atomic mass is 9.82. The Bertz CT molecular complexity index is 2440. The van der Waals surface area contributed by atoms with E-state index in [0.717, 1.165) is 61.3 Å². The van der Waals surface area contributed by atoms with Gasteiger partial charge in [-0.3, -0.25) is 0 Å². The number of rotatable bonds is 5. The molecule has 0 radical (unpaired) electrons. The van der Waals surface area contributed by atoms with Gasteiger partial charge >= 0.3 is 0 Å². The van der Waals surface area contributed by atoms with Gasteiger partial charge < -0.3 is 9.32 Å². The van der Waals surface area contributed by atoms with Crippen LogP contribution in [0.5, 0.6) is 0 Å². The van der Waals surface area contributed by atoms with Crippen molar-refractivity contribution in [1.29, 1.82) is 0 Å². The lowest BCUT2D eigenvalue weighted by Crippen LogP contribution is -2.16. The van der Waals surface area contributed by atoms with Crippen molar-refractivity contribution >= 4 is 39.0 Å². The summed E-state index contributed by atoms with van der Waals surface area (Å²) >= 11 is 0. The Morgan fingerprint density at radius 2 is 1.11 bits per heavy atom. The van der Waals surface area contributed by atoms with Crippen LogP contribution in [0.2, 0.25) is 0 Å². The summed E-state index contributed by atoms with van der Waals surface area (Å²) in [7, 11) is 0. The molecule has 0 unspecified atom stereocenters. The van der Waals surface area contributed by atoms with Gasteiger partial charge in [0, 0.05) is 38.7 Å². The van der Waals surface area contributed by atoms with E-state index in [2.05, 4.69) is 183 Å². The molecular weight excluding hydrogens is 571 g/mol. The van der Waals surface area contributed by atoms with Crippen molar-refractivity contribution in [1.82, 2.24) is 0 Å². The van der Waals surface area contributed by atoms with Crippen LogP contribution in [0.4, 0.5) is 17.1 Å². The third-order valence-corrected chi connectivity index (χ3v) is 9.88. The van der Waals surface area contributed by atoms with E-state index >= 15 is 0 Å². The standard InChI is InChI=1S/C45H33NO/c1-45(2)39-24-11-9-19-34(39)35-28-27-32(29-40(35)45)46(31-17-7-4-8-18-31)41-25-12-10-20-36(41)37-22-14-26-42-43(37)38-23-13-21-33(44(38)47-42)30-15-5-3-6-16-30/h3-29H,1-2H3. The number of fused-ring (bicyclic) bond motifs is 6. The van der Waals surface area contributed by atoms with Crippen molar-refractivity contribution in [2.24, 2.45) is 0 Å². The number of para-hydroxylation sites is 3. The fourth-order valence-corrected chi connectivity index (χ4v) is 7.65. The summed E-state index contributed by atoms with van der Waals surface area (Å²) in [6.07, 6.45) is 0. The third kappa shape index (κ3) is 4.26.